The van der Waals surface area contributed by atoms with E-state index in [2.05, 4.69) is 24.0 Å². The van der Waals surface area contributed by atoms with E-state index in [4.69, 9.17) is 10.5 Å². The van der Waals surface area contributed by atoms with E-state index in [0.717, 1.165) is 30.4 Å². The smallest absolute Gasteiger partial charge is 0.144 e. The maximum Gasteiger partial charge on any atom is 0.144 e. The monoisotopic (exact) mass is 248 g/mol. The largest absolute Gasteiger partial charge is 0.489 e. The van der Waals surface area contributed by atoms with Crippen LogP contribution in [-0.4, -0.2) is 19.2 Å². The summed E-state index contributed by atoms with van der Waals surface area (Å²) in [4.78, 5) is 2.41. The number of rotatable bonds is 6. The molecule has 0 aliphatic heterocycles. The Morgan fingerprint density at radius 3 is 2.67 bits per heavy atom. The fraction of sp³-hybridized carbons (Fsp3) is 0.600. The van der Waals surface area contributed by atoms with Crippen molar-refractivity contribution in [2.45, 2.75) is 39.7 Å². The number of ether oxygens (including phenoxy) is 1. The molecular weight excluding hydrogens is 224 g/mol. The molecule has 0 saturated heterocycles. The van der Waals surface area contributed by atoms with Crippen LogP contribution in [0.1, 0.15) is 33.6 Å². The van der Waals surface area contributed by atoms with Gasteiger partial charge in [-0.05, 0) is 51.7 Å². The summed E-state index contributed by atoms with van der Waals surface area (Å²) in [6.45, 7) is 8.42. The minimum absolute atomic E-state index is 0.154. The summed E-state index contributed by atoms with van der Waals surface area (Å²) in [7, 11) is 0. The van der Waals surface area contributed by atoms with Crippen LogP contribution < -0.4 is 15.4 Å². The van der Waals surface area contributed by atoms with Gasteiger partial charge in [0.15, 0.2) is 0 Å². The molecule has 100 valence electrons. The maximum absolute atomic E-state index is 5.95. The Balaban J connectivity index is 2.15. The Hall–Kier alpha value is -1.38. The lowest BCUT2D eigenvalue weighted by atomic mass is 10.2. The number of anilines is 2. The Kier molecular flexibility index (Phi) is 4.00. The van der Waals surface area contributed by atoms with Gasteiger partial charge in [0.25, 0.3) is 0 Å². The second-order valence-corrected chi connectivity index (χ2v) is 5.37. The predicted molar refractivity (Wildman–Crippen MR) is 77.2 cm³/mol. The molecule has 0 bridgehead atoms. The van der Waals surface area contributed by atoms with Crippen molar-refractivity contribution in [3.8, 4) is 5.75 Å². The zero-order valence-corrected chi connectivity index (χ0v) is 11.6. The average Bonchev–Trinajstić information content (AvgIpc) is 3.12. The van der Waals surface area contributed by atoms with Crippen molar-refractivity contribution < 1.29 is 4.74 Å². The normalized spacial score (nSPS) is 14.9. The van der Waals surface area contributed by atoms with Crippen molar-refractivity contribution in [1.82, 2.24) is 0 Å². The minimum atomic E-state index is 0.154. The first-order valence-electron chi connectivity index (χ1n) is 6.91. The van der Waals surface area contributed by atoms with Gasteiger partial charge in [-0.3, -0.25) is 0 Å². The van der Waals surface area contributed by atoms with Gasteiger partial charge < -0.3 is 15.4 Å². The van der Waals surface area contributed by atoms with Crippen LogP contribution in [0.2, 0.25) is 0 Å². The zero-order chi connectivity index (χ0) is 13.1. The number of hydrogen-bond acceptors (Lipinski definition) is 3. The van der Waals surface area contributed by atoms with E-state index in [1.807, 2.05) is 19.9 Å². The average molecular weight is 248 g/mol. The number of nitrogens with zero attached hydrogens (tertiary/aromatic N) is 1. The molecular formula is C15H24N2O. The van der Waals surface area contributed by atoms with Crippen molar-refractivity contribution in [3.05, 3.63) is 18.2 Å². The molecule has 0 unspecified atom stereocenters. The van der Waals surface area contributed by atoms with Gasteiger partial charge in [0.05, 0.1) is 11.8 Å². The van der Waals surface area contributed by atoms with E-state index < -0.39 is 0 Å². The van der Waals surface area contributed by atoms with E-state index in [9.17, 15) is 0 Å². The summed E-state index contributed by atoms with van der Waals surface area (Å²) in [5.41, 5.74) is 7.88. The van der Waals surface area contributed by atoms with Crippen LogP contribution in [0.25, 0.3) is 0 Å². The van der Waals surface area contributed by atoms with Crippen LogP contribution in [0, 0.1) is 5.92 Å². The molecule has 1 fully saturated rings. The van der Waals surface area contributed by atoms with Crippen molar-refractivity contribution in [2.24, 2.45) is 5.92 Å². The van der Waals surface area contributed by atoms with Gasteiger partial charge in [0.1, 0.15) is 5.75 Å². The number of nitrogens with two attached hydrogens (primary N) is 1. The molecule has 3 nitrogen and oxygen atoms in total. The summed E-state index contributed by atoms with van der Waals surface area (Å²) < 4.78 is 5.75. The molecule has 0 spiro atoms. The van der Waals surface area contributed by atoms with Crippen LogP contribution in [0.15, 0.2) is 18.2 Å². The third-order valence-corrected chi connectivity index (χ3v) is 3.28. The third-order valence-electron chi connectivity index (χ3n) is 3.28. The predicted octanol–water partition coefficient (Wildman–Crippen LogP) is 3.29. The highest BCUT2D eigenvalue weighted by atomic mass is 16.5. The molecule has 1 aliphatic carbocycles. The number of benzene rings is 1. The summed E-state index contributed by atoms with van der Waals surface area (Å²) in [6, 6.07) is 6.11. The van der Waals surface area contributed by atoms with Gasteiger partial charge in [-0.15, -0.1) is 0 Å². The van der Waals surface area contributed by atoms with Crippen molar-refractivity contribution in [1.29, 1.82) is 0 Å². The van der Waals surface area contributed by atoms with Crippen LogP contribution >= 0.6 is 0 Å². The lowest BCUT2D eigenvalue weighted by molar-refractivity contribution is 0.244. The number of hydrogen-bond donors (Lipinski definition) is 1. The Bertz CT molecular complexity index is 399. The van der Waals surface area contributed by atoms with Crippen LogP contribution in [0.4, 0.5) is 11.4 Å². The lowest BCUT2D eigenvalue weighted by Gasteiger charge is -2.24. The molecule has 1 aromatic carbocycles. The fourth-order valence-corrected chi connectivity index (χ4v) is 2.10. The van der Waals surface area contributed by atoms with E-state index >= 15 is 0 Å². The lowest BCUT2D eigenvalue weighted by Crippen LogP contribution is -2.25. The summed E-state index contributed by atoms with van der Waals surface area (Å²) in [6.07, 6.45) is 2.91. The quantitative estimate of drug-likeness (QED) is 0.785. The third kappa shape index (κ3) is 3.31. The molecule has 2 rings (SSSR count). The molecule has 18 heavy (non-hydrogen) atoms. The first-order chi connectivity index (χ1) is 8.60. The molecule has 1 saturated carbocycles. The van der Waals surface area contributed by atoms with Crippen molar-refractivity contribution >= 4 is 11.4 Å². The first-order valence-corrected chi connectivity index (χ1v) is 6.91. The van der Waals surface area contributed by atoms with Crippen LogP contribution in [0.5, 0.6) is 5.75 Å². The fourth-order valence-electron chi connectivity index (χ4n) is 2.10. The SMILES string of the molecule is CCN(CC1CC1)c1ccc(N)c(OC(C)C)c1. The highest BCUT2D eigenvalue weighted by molar-refractivity contribution is 5.62. The van der Waals surface area contributed by atoms with Gasteiger partial charge in [-0.2, -0.15) is 0 Å². The molecule has 1 aliphatic rings. The molecule has 2 N–H and O–H groups in total. The maximum atomic E-state index is 5.95. The standard InChI is InChI=1S/C15H24N2O/c1-4-17(10-12-5-6-12)13-7-8-14(16)15(9-13)18-11(2)3/h7-9,11-12H,4-6,10,16H2,1-3H3. The van der Waals surface area contributed by atoms with Crippen LogP contribution in [0.3, 0.4) is 0 Å². The molecule has 0 atom stereocenters. The molecule has 0 amide bonds. The van der Waals surface area contributed by atoms with Gasteiger partial charge in [0, 0.05) is 24.8 Å². The Labute approximate surface area is 110 Å². The molecule has 3 heteroatoms. The molecule has 0 heterocycles. The second-order valence-electron chi connectivity index (χ2n) is 5.37. The topological polar surface area (TPSA) is 38.5 Å². The first kappa shape index (κ1) is 13.1. The minimum Gasteiger partial charge on any atom is -0.489 e. The summed E-state index contributed by atoms with van der Waals surface area (Å²) >= 11 is 0. The molecule has 0 aromatic heterocycles. The highest BCUT2D eigenvalue weighted by Crippen LogP contribution is 2.33. The van der Waals surface area contributed by atoms with Crippen LogP contribution in [-0.2, 0) is 0 Å². The zero-order valence-electron chi connectivity index (χ0n) is 11.6. The molecule has 1 aromatic rings. The van der Waals surface area contributed by atoms with E-state index in [0.29, 0.717) is 0 Å². The van der Waals surface area contributed by atoms with E-state index in [1.165, 1.54) is 18.5 Å². The second kappa shape index (κ2) is 5.51. The van der Waals surface area contributed by atoms with Gasteiger partial charge >= 0.3 is 0 Å². The van der Waals surface area contributed by atoms with Crippen molar-refractivity contribution in [3.63, 3.8) is 0 Å². The Morgan fingerprint density at radius 1 is 1.39 bits per heavy atom. The summed E-state index contributed by atoms with van der Waals surface area (Å²) in [5, 5.41) is 0. The summed E-state index contributed by atoms with van der Waals surface area (Å²) in [5.74, 6) is 1.69. The van der Waals surface area contributed by atoms with Gasteiger partial charge in [-0.25, -0.2) is 0 Å². The highest BCUT2D eigenvalue weighted by Gasteiger charge is 2.24. The van der Waals surface area contributed by atoms with Gasteiger partial charge in [-0.1, -0.05) is 0 Å². The van der Waals surface area contributed by atoms with E-state index in [-0.39, 0.29) is 6.10 Å². The number of nitrogen functional groups attached to an aromatic ring is 1. The van der Waals surface area contributed by atoms with Crippen molar-refractivity contribution in [2.75, 3.05) is 23.7 Å². The van der Waals surface area contributed by atoms with E-state index in [1.54, 1.807) is 0 Å². The van der Waals surface area contributed by atoms with Gasteiger partial charge in [0.2, 0.25) is 0 Å². The molecule has 0 radical (unpaired) electrons. The Morgan fingerprint density at radius 2 is 2.11 bits per heavy atom.